The van der Waals surface area contributed by atoms with Crippen molar-refractivity contribution < 1.29 is 9.59 Å². The topological polar surface area (TPSA) is 120 Å². The van der Waals surface area contributed by atoms with Crippen LogP contribution in [0.1, 0.15) is 36.5 Å². The molecular weight excluding hydrogens is 310 g/mol. The Bertz CT molecular complexity index is 748. The van der Waals surface area contributed by atoms with E-state index in [0.717, 1.165) is 12.8 Å². The minimum absolute atomic E-state index is 0.105. The lowest BCUT2D eigenvalue weighted by molar-refractivity contribution is -0.121. The van der Waals surface area contributed by atoms with Crippen LogP contribution in [0.3, 0.4) is 0 Å². The predicted molar refractivity (Wildman–Crippen MR) is 89.5 cm³/mol. The summed E-state index contributed by atoms with van der Waals surface area (Å²) in [6.07, 6.45) is 1.85. The van der Waals surface area contributed by atoms with Crippen molar-refractivity contribution >= 4 is 11.8 Å². The van der Waals surface area contributed by atoms with Crippen LogP contribution < -0.4 is 16.3 Å². The molecule has 0 unspecified atom stereocenters. The normalized spacial score (nSPS) is 11.8. The fourth-order valence-corrected chi connectivity index (χ4v) is 2.35. The highest BCUT2D eigenvalue weighted by molar-refractivity contribution is 5.95. The third kappa shape index (κ3) is 4.55. The molecule has 0 spiro atoms. The molecule has 4 N–H and O–H groups in total. The third-order valence-electron chi connectivity index (χ3n) is 3.60. The summed E-state index contributed by atoms with van der Waals surface area (Å²) in [6, 6.07) is 6.51. The zero-order valence-corrected chi connectivity index (χ0v) is 13.7. The molecule has 0 bridgehead atoms. The summed E-state index contributed by atoms with van der Waals surface area (Å²) in [6.45, 7) is 2.00. The van der Waals surface area contributed by atoms with E-state index in [1.807, 2.05) is 6.92 Å². The third-order valence-corrected chi connectivity index (χ3v) is 3.60. The van der Waals surface area contributed by atoms with Gasteiger partial charge in [0.05, 0.1) is 0 Å². The first-order valence-corrected chi connectivity index (χ1v) is 7.80. The highest BCUT2D eigenvalue weighted by atomic mass is 16.2. The maximum atomic E-state index is 12.3. The Labute approximate surface area is 139 Å². The molecule has 0 saturated carbocycles. The number of rotatable bonds is 7. The largest absolute Gasteiger partial charge is 0.359 e. The van der Waals surface area contributed by atoms with Gasteiger partial charge >= 0.3 is 5.69 Å². The standard InChI is InChI=1S/C16H21N5O3/c1-3-4-12(9-13(22)17-2)18-15(23)11-7-5-10(6-8-11)14-19-16(24)21-20-14/h5-8,12H,3-4,9H2,1-2H3,(H,17,22)(H,18,23)(H2,19,20,21,24)/t12-/m1/s1. The average Bonchev–Trinajstić information content (AvgIpc) is 3.01. The molecule has 1 heterocycles. The summed E-state index contributed by atoms with van der Waals surface area (Å²) in [7, 11) is 1.57. The molecule has 1 atom stereocenters. The SMILES string of the molecule is CCC[C@H](CC(=O)NC)NC(=O)c1ccc(-c2n[nH]c(=O)[nH]2)cc1. The number of amides is 2. The van der Waals surface area contributed by atoms with E-state index in [0.29, 0.717) is 17.0 Å². The van der Waals surface area contributed by atoms with Crippen molar-refractivity contribution in [3.05, 3.63) is 40.3 Å². The molecule has 2 aromatic rings. The highest BCUT2D eigenvalue weighted by Gasteiger charge is 2.16. The van der Waals surface area contributed by atoms with Gasteiger partial charge in [-0.25, -0.2) is 9.89 Å². The molecule has 2 rings (SSSR count). The quantitative estimate of drug-likeness (QED) is 0.600. The Hall–Kier alpha value is -2.90. The number of benzene rings is 1. The Morgan fingerprint density at radius 1 is 1.25 bits per heavy atom. The lowest BCUT2D eigenvalue weighted by Crippen LogP contribution is -2.38. The van der Waals surface area contributed by atoms with Crippen LogP contribution in [0.15, 0.2) is 29.1 Å². The van der Waals surface area contributed by atoms with E-state index in [1.54, 1.807) is 31.3 Å². The second-order valence-electron chi connectivity index (χ2n) is 5.44. The van der Waals surface area contributed by atoms with Gasteiger partial charge in [0.1, 0.15) is 0 Å². The van der Waals surface area contributed by atoms with Crippen LogP contribution in [-0.4, -0.2) is 40.1 Å². The van der Waals surface area contributed by atoms with Crippen LogP contribution in [0, 0.1) is 0 Å². The van der Waals surface area contributed by atoms with Crippen molar-refractivity contribution in [1.82, 2.24) is 25.8 Å². The van der Waals surface area contributed by atoms with Gasteiger partial charge in [0, 0.05) is 30.6 Å². The number of carbonyl (C=O) groups excluding carboxylic acids is 2. The molecule has 0 fully saturated rings. The molecule has 24 heavy (non-hydrogen) atoms. The van der Waals surface area contributed by atoms with Crippen molar-refractivity contribution in [3.8, 4) is 11.4 Å². The average molecular weight is 331 g/mol. The van der Waals surface area contributed by atoms with Gasteiger partial charge in [-0.2, -0.15) is 5.10 Å². The first kappa shape index (κ1) is 17.5. The second kappa shape index (κ2) is 8.09. The van der Waals surface area contributed by atoms with Crippen LogP contribution in [0.2, 0.25) is 0 Å². The molecule has 0 saturated heterocycles. The van der Waals surface area contributed by atoms with E-state index in [4.69, 9.17) is 0 Å². The zero-order valence-electron chi connectivity index (χ0n) is 13.7. The summed E-state index contributed by atoms with van der Waals surface area (Å²) in [5.41, 5.74) is 0.790. The van der Waals surface area contributed by atoms with Crippen LogP contribution in [0.25, 0.3) is 11.4 Å². The predicted octanol–water partition coefficient (Wildman–Crippen LogP) is 0.800. The summed E-state index contributed by atoms with van der Waals surface area (Å²) >= 11 is 0. The highest BCUT2D eigenvalue weighted by Crippen LogP contribution is 2.14. The molecule has 8 nitrogen and oxygen atoms in total. The molecule has 0 aliphatic rings. The number of hydrogen-bond acceptors (Lipinski definition) is 4. The molecule has 128 valence electrons. The van der Waals surface area contributed by atoms with E-state index >= 15 is 0 Å². The zero-order chi connectivity index (χ0) is 17.5. The van der Waals surface area contributed by atoms with Gasteiger partial charge in [-0.15, -0.1) is 0 Å². The van der Waals surface area contributed by atoms with Crippen LogP contribution in [-0.2, 0) is 4.79 Å². The van der Waals surface area contributed by atoms with Crippen molar-refractivity contribution in [2.24, 2.45) is 0 Å². The lowest BCUT2D eigenvalue weighted by atomic mass is 10.1. The Morgan fingerprint density at radius 3 is 2.50 bits per heavy atom. The first-order valence-electron chi connectivity index (χ1n) is 7.80. The number of aromatic nitrogens is 3. The summed E-state index contributed by atoms with van der Waals surface area (Å²) in [4.78, 5) is 37.5. The molecule has 2 amide bonds. The van der Waals surface area contributed by atoms with E-state index in [9.17, 15) is 14.4 Å². The molecule has 0 aliphatic heterocycles. The molecule has 0 radical (unpaired) electrons. The van der Waals surface area contributed by atoms with Crippen LogP contribution >= 0.6 is 0 Å². The Kier molecular flexibility index (Phi) is 5.89. The maximum Gasteiger partial charge on any atom is 0.340 e. The Balaban J connectivity index is 2.05. The molecule has 8 heteroatoms. The summed E-state index contributed by atoms with van der Waals surface area (Å²) in [5.74, 6) is 0.0708. The van der Waals surface area contributed by atoms with Gasteiger partial charge in [0.15, 0.2) is 5.82 Å². The number of H-pyrrole nitrogens is 2. The fraction of sp³-hybridized carbons (Fsp3) is 0.375. The van der Waals surface area contributed by atoms with Crippen molar-refractivity contribution in [1.29, 1.82) is 0 Å². The number of nitrogens with one attached hydrogen (secondary N) is 4. The molecule has 0 aliphatic carbocycles. The van der Waals surface area contributed by atoms with Gasteiger partial charge in [-0.3, -0.25) is 14.6 Å². The monoisotopic (exact) mass is 331 g/mol. The molecule has 1 aromatic heterocycles. The van der Waals surface area contributed by atoms with Gasteiger partial charge < -0.3 is 10.6 Å². The van der Waals surface area contributed by atoms with Gasteiger partial charge in [-0.05, 0) is 18.6 Å². The Morgan fingerprint density at radius 2 is 1.96 bits per heavy atom. The van der Waals surface area contributed by atoms with Crippen molar-refractivity contribution in [2.45, 2.75) is 32.2 Å². The summed E-state index contributed by atoms with van der Waals surface area (Å²) in [5, 5.41) is 11.6. The number of hydrogen-bond donors (Lipinski definition) is 4. The van der Waals surface area contributed by atoms with Crippen LogP contribution in [0.4, 0.5) is 0 Å². The van der Waals surface area contributed by atoms with E-state index in [-0.39, 0.29) is 30.0 Å². The minimum atomic E-state index is -0.386. The molecular formula is C16H21N5O3. The van der Waals surface area contributed by atoms with Gasteiger partial charge in [0.25, 0.3) is 5.91 Å². The van der Waals surface area contributed by atoms with Gasteiger partial charge in [-0.1, -0.05) is 25.5 Å². The van der Waals surface area contributed by atoms with Gasteiger partial charge in [0.2, 0.25) is 5.91 Å². The smallest absolute Gasteiger partial charge is 0.340 e. The maximum absolute atomic E-state index is 12.3. The number of carbonyl (C=O) groups is 2. The lowest BCUT2D eigenvalue weighted by Gasteiger charge is -2.17. The van der Waals surface area contributed by atoms with Crippen molar-refractivity contribution in [2.75, 3.05) is 7.05 Å². The number of aromatic amines is 2. The van der Waals surface area contributed by atoms with E-state index in [1.165, 1.54) is 0 Å². The fourth-order valence-electron chi connectivity index (χ4n) is 2.35. The van der Waals surface area contributed by atoms with Crippen LogP contribution in [0.5, 0.6) is 0 Å². The molecule has 1 aromatic carbocycles. The second-order valence-corrected chi connectivity index (χ2v) is 5.44. The van der Waals surface area contributed by atoms with E-state index < -0.39 is 0 Å². The summed E-state index contributed by atoms with van der Waals surface area (Å²) < 4.78 is 0. The first-order chi connectivity index (χ1) is 11.5. The van der Waals surface area contributed by atoms with E-state index in [2.05, 4.69) is 25.8 Å². The minimum Gasteiger partial charge on any atom is -0.359 e. The number of nitrogens with zero attached hydrogens (tertiary/aromatic N) is 1. The van der Waals surface area contributed by atoms with Crippen molar-refractivity contribution in [3.63, 3.8) is 0 Å².